The van der Waals surface area contributed by atoms with Crippen LogP contribution in [-0.2, 0) is 12.4 Å². The Bertz CT molecular complexity index is 1840. The van der Waals surface area contributed by atoms with E-state index in [1.165, 1.54) is 45.6 Å². The van der Waals surface area contributed by atoms with Crippen molar-refractivity contribution >= 4 is 48.0 Å². The Kier molecular flexibility index (Phi) is 9.45. The monoisotopic (exact) mass is 677 g/mol. The fourth-order valence-electron chi connectivity index (χ4n) is 6.03. The van der Waals surface area contributed by atoms with Crippen molar-refractivity contribution < 1.29 is 26.3 Å². The summed E-state index contributed by atoms with van der Waals surface area (Å²) in [5.41, 5.74) is -1.54. The predicted molar refractivity (Wildman–Crippen MR) is 184 cm³/mol. The van der Waals surface area contributed by atoms with Crippen LogP contribution in [0, 0.1) is 5.92 Å². The summed E-state index contributed by atoms with van der Waals surface area (Å²) < 4.78 is 82.9. The Morgan fingerprint density at radius 1 is 0.617 bits per heavy atom. The van der Waals surface area contributed by atoms with Gasteiger partial charge in [0.25, 0.3) is 0 Å². The van der Waals surface area contributed by atoms with Crippen LogP contribution in [0.3, 0.4) is 0 Å². The highest BCUT2D eigenvalue weighted by molar-refractivity contribution is 7.77. The molecule has 0 saturated heterocycles. The van der Waals surface area contributed by atoms with Gasteiger partial charge < -0.3 is 0 Å². The third kappa shape index (κ3) is 6.94. The van der Waals surface area contributed by atoms with Gasteiger partial charge in [0.2, 0.25) is 0 Å². The lowest BCUT2D eigenvalue weighted by Crippen LogP contribution is -2.37. The number of nitrogens with zero attached hydrogens (tertiary/aromatic N) is 1. The van der Waals surface area contributed by atoms with E-state index in [4.69, 9.17) is 0 Å². The topological polar surface area (TPSA) is 3.24 Å². The Morgan fingerprint density at radius 3 is 1.72 bits per heavy atom. The smallest absolute Gasteiger partial charge is 0.274 e. The van der Waals surface area contributed by atoms with Crippen LogP contribution in [0.4, 0.5) is 26.3 Å². The summed E-state index contributed by atoms with van der Waals surface area (Å²) in [6.07, 6.45) is -2.61. The molecule has 0 heterocycles. The Hall–Kier alpha value is -3.76. The molecule has 6 rings (SSSR count). The van der Waals surface area contributed by atoms with Gasteiger partial charge in [0.15, 0.2) is 0 Å². The molecule has 1 nitrogen and oxygen atoms in total. The first-order chi connectivity index (χ1) is 22.4. The minimum atomic E-state index is -4.50. The van der Waals surface area contributed by atoms with Crippen LogP contribution in [0.1, 0.15) is 18.1 Å². The molecule has 9 heteroatoms. The summed E-state index contributed by atoms with van der Waals surface area (Å²) >= 11 is 0. The molecule has 5 aromatic rings. The number of hydrogen-bond donors (Lipinski definition) is 0. The SMILES string of the molecule is C[C@@H](C1C=CC=C1P(c1ccccc1)c1cccc2ccccc12)N(C)P(c1ccc(C(F)(F)F)cc1)c1ccc(C(F)(F)F)cc1. The van der Waals surface area contributed by atoms with E-state index in [1.54, 1.807) is 0 Å². The van der Waals surface area contributed by atoms with Crippen molar-refractivity contribution in [3.8, 4) is 0 Å². The van der Waals surface area contributed by atoms with Crippen LogP contribution >= 0.6 is 16.0 Å². The van der Waals surface area contributed by atoms with E-state index in [0.29, 0.717) is 10.6 Å². The van der Waals surface area contributed by atoms with Crippen molar-refractivity contribution in [3.05, 3.63) is 156 Å². The summed E-state index contributed by atoms with van der Waals surface area (Å²) in [5, 5.41) is 7.22. The highest BCUT2D eigenvalue weighted by Crippen LogP contribution is 2.53. The van der Waals surface area contributed by atoms with Crippen molar-refractivity contribution in [2.24, 2.45) is 5.92 Å². The number of hydrogen-bond acceptors (Lipinski definition) is 1. The predicted octanol–water partition coefficient (Wildman–Crippen LogP) is 9.75. The van der Waals surface area contributed by atoms with E-state index in [9.17, 15) is 26.3 Å². The van der Waals surface area contributed by atoms with E-state index < -0.39 is 39.5 Å². The number of alkyl halides is 6. The molecule has 0 amide bonds. The first-order valence-corrected chi connectivity index (χ1v) is 17.7. The van der Waals surface area contributed by atoms with Gasteiger partial charge in [0, 0.05) is 20.0 Å². The largest absolute Gasteiger partial charge is 0.416 e. The molecule has 0 N–H and O–H groups in total. The maximum atomic E-state index is 13.5. The Labute approximate surface area is 272 Å². The number of fused-ring (bicyclic) bond motifs is 1. The Balaban J connectivity index is 1.41. The van der Waals surface area contributed by atoms with Crippen LogP contribution in [0.15, 0.2) is 145 Å². The average molecular weight is 678 g/mol. The van der Waals surface area contributed by atoms with Gasteiger partial charge in [-0.2, -0.15) is 26.3 Å². The van der Waals surface area contributed by atoms with Gasteiger partial charge in [-0.3, -0.25) is 4.67 Å². The van der Waals surface area contributed by atoms with Crippen LogP contribution in [0.5, 0.6) is 0 Å². The third-order valence-electron chi connectivity index (χ3n) is 8.51. The van der Waals surface area contributed by atoms with Gasteiger partial charge in [-0.25, -0.2) is 0 Å². The second kappa shape index (κ2) is 13.4. The molecule has 0 spiro atoms. The van der Waals surface area contributed by atoms with E-state index in [-0.39, 0.29) is 12.0 Å². The third-order valence-corrected chi connectivity index (χ3v) is 13.7. The van der Waals surface area contributed by atoms with Crippen molar-refractivity contribution in [1.82, 2.24) is 4.67 Å². The highest BCUT2D eigenvalue weighted by atomic mass is 31.1. The van der Waals surface area contributed by atoms with E-state index in [1.807, 2.05) is 37.4 Å². The van der Waals surface area contributed by atoms with Crippen molar-refractivity contribution in [1.29, 1.82) is 0 Å². The number of benzene rings is 5. The molecule has 0 aliphatic heterocycles. The lowest BCUT2D eigenvalue weighted by atomic mass is 10.0. The molecular formula is C38H31F6NP2. The zero-order valence-electron chi connectivity index (χ0n) is 25.5. The first kappa shape index (κ1) is 33.2. The molecule has 0 bridgehead atoms. The molecule has 0 saturated carbocycles. The second-order valence-electron chi connectivity index (χ2n) is 11.4. The molecular weight excluding hydrogens is 646 g/mol. The quantitative estimate of drug-likeness (QED) is 0.117. The summed E-state index contributed by atoms with van der Waals surface area (Å²) in [6.45, 7) is 2.08. The van der Waals surface area contributed by atoms with Gasteiger partial charge in [-0.15, -0.1) is 0 Å². The molecule has 2 unspecified atom stereocenters. The molecule has 0 radical (unpaired) electrons. The molecule has 1 aliphatic carbocycles. The van der Waals surface area contributed by atoms with Crippen LogP contribution in [0.25, 0.3) is 10.8 Å². The maximum absolute atomic E-state index is 13.5. The molecule has 0 fully saturated rings. The van der Waals surface area contributed by atoms with Gasteiger partial charge >= 0.3 is 12.4 Å². The minimum Gasteiger partial charge on any atom is -0.274 e. The van der Waals surface area contributed by atoms with Crippen molar-refractivity contribution in [2.75, 3.05) is 7.05 Å². The molecule has 5 aromatic carbocycles. The van der Waals surface area contributed by atoms with Gasteiger partial charge in [-0.05, 0) is 83.5 Å². The fraction of sp³-hybridized carbons (Fsp3) is 0.158. The molecule has 3 atom stereocenters. The number of allylic oxidation sites excluding steroid dienone is 2. The first-order valence-electron chi connectivity index (χ1n) is 15.0. The molecule has 0 aromatic heterocycles. The minimum absolute atomic E-state index is 0.0563. The fourth-order valence-corrected chi connectivity index (χ4v) is 11.3. The number of rotatable bonds is 8. The maximum Gasteiger partial charge on any atom is 0.416 e. The van der Waals surface area contributed by atoms with Crippen molar-refractivity contribution in [2.45, 2.75) is 25.3 Å². The standard InChI is InChI=1S/C38H31F6NP2/c1-26(45(2)47(31-22-18-28(19-23-31)37(39,40)41)32-24-20-29(21-25-32)38(42,43)44)33-15-9-17-35(33)46(30-12-4-3-5-13-30)36-16-8-11-27-10-6-7-14-34(27)36/h3-26,33H,1-2H3/t26-,33?,46?/m0/s1. The number of halogens is 6. The average Bonchev–Trinajstić information content (AvgIpc) is 3.54. The van der Waals surface area contributed by atoms with Crippen LogP contribution < -0.4 is 21.2 Å². The zero-order chi connectivity index (χ0) is 33.3. The van der Waals surface area contributed by atoms with E-state index in [0.717, 1.165) is 29.7 Å². The highest BCUT2D eigenvalue weighted by Gasteiger charge is 2.36. The summed E-state index contributed by atoms with van der Waals surface area (Å²) in [4.78, 5) is 0. The molecule has 1 aliphatic rings. The van der Waals surface area contributed by atoms with Gasteiger partial charge in [-0.1, -0.05) is 115 Å². The van der Waals surface area contributed by atoms with Crippen LogP contribution in [0.2, 0.25) is 0 Å². The lowest BCUT2D eigenvalue weighted by Gasteiger charge is -2.39. The van der Waals surface area contributed by atoms with E-state index in [2.05, 4.69) is 72.3 Å². The summed E-state index contributed by atoms with van der Waals surface area (Å²) in [6, 6.07) is 34.9. The zero-order valence-corrected chi connectivity index (χ0v) is 27.3. The summed E-state index contributed by atoms with van der Waals surface area (Å²) in [7, 11) is -0.561. The van der Waals surface area contributed by atoms with Gasteiger partial charge in [0.1, 0.15) is 0 Å². The molecule has 240 valence electrons. The summed E-state index contributed by atoms with van der Waals surface area (Å²) in [5.74, 6) is -0.0563. The normalized spacial score (nSPS) is 16.6. The Morgan fingerprint density at radius 2 is 1.15 bits per heavy atom. The van der Waals surface area contributed by atoms with Gasteiger partial charge in [0.05, 0.1) is 11.1 Å². The lowest BCUT2D eigenvalue weighted by molar-refractivity contribution is -0.138. The van der Waals surface area contributed by atoms with E-state index >= 15 is 0 Å². The van der Waals surface area contributed by atoms with Crippen LogP contribution in [-0.4, -0.2) is 17.8 Å². The molecule has 47 heavy (non-hydrogen) atoms. The van der Waals surface area contributed by atoms with Crippen molar-refractivity contribution in [3.63, 3.8) is 0 Å². The second-order valence-corrected chi connectivity index (χ2v) is 15.9.